The molecule has 0 aliphatic rings. The normalized spacial score (nSPS) is 11.8. The highest BCUT2D eigenvalue weighted by Crippen LogP contribution is 2.26. The van der Waals surface area contributed by atoms with Gasteiger partial charge >= 0.3 is 5.69 Å². The lowest BCUT2D eigenvalue weighted by atomic mass is 10.0. The van der Waals surface area contributed by atoms with Crippen molar-refractivity contribution in [2.45, 2.75) is 25.8 Å². The van der Waals surface area contributed by atoms with E-state index in [1.807, 2.05) is 6.92 Å². The van der Waals surface area contributed by atoms with E-state index < -0.39 is 28.9 Å². The number of rotatable bonds is 5. The lowest BCUT2D eigenvalue weighted by molar-refractivity contribution is 0.549. The summed E-state index contributed by atoms with van der Waals surface area (Å²) in [6.07, 6.45) is 1.12. The molecule has 1 atom stereocenters. The number of hydrogen-bond donors (Lipinski definition) is 1. The zero-order chi connectivity index (χ0) is 18.7. The van der Waals surface area contributed by atoms with Crippen molar-refractivity contribution in [1.82, 2.24) is 9.13 Å². The van der Waals surface area contributed by atoms with Gasteiger partial charge in [0.05, 0.1) is 6.04 Å². The standard InChI is InChI=1S/C17H18F2N4O2/c1-4-5-14(11-7-6-10(18)8-13(11)19)21-15-12(9-20)16(24)23(3)17(25)22(15)2/h6-8,14,21H,4-5H2,1-3H3/t14-/m1/s1. The van der Waals surface area contributed by atoms with E-state index in [2.05, 4.69) is 5.32 Å². The molecule has 1 aromatic heterocycles. The van der Waals surface area contributed by atoms with Gasteiger partial charge in [-0.25, -0.2) is 13.6 Å². The van der Waals surface area contributed by atoms with Crippen LogP contribution >= 0.6 is 0 Å². The summed E-state index contributed by atoms with van der Waals surface area (Å²) in [4.78, 5) is 24.3. The summed E-state index contributed by atoms with van der Waals surface area (Å²) in [6.45, 7) is 1.88. The van der Waals surface area contributed by atoms with Gasteiger partial charge in [-0.15, -0.1) is 0 Å². The van der Waals surface area contributed by atoms with Crippen LogP contribution in [0.3, 0.4) is 0 Å². The van der Waals surface area contributed by atoms with Crippen LogP contribution in [0.4, 0.5) is 14.6 Å². The van der Waals surface area contributed by atoms with Crippen molar-refractivity contribution < 1.29 is 8.78 Å². The van der Waals surface area contributed by atoms with E-state index in [0.29, 0.717) is 12.8 Å². The van der Waals surface area contributed by atoms with Crippen LogP contribution in [0, 0.1) is 23.0 Å². The highest BCUT2D eigenvalue weighted by Gasteiger charge is 2.21. The minimum absolute atomic E-state index is 0.0118. The summed E-state index contributed by atoms with van der Waals surface area (Å²) in [5.41, 5.74) is -1.39. The highest BCUT2D eigenvalue weighted by atomic mass is 19.1. The third kappa shape index (κ3) is 3.45. The molecule has 6 nitrogen and oxygen atoms in total. The first-order valence-corrected chi connectivity index (χ1v) is 7.73. The Kier molecular flexibility index (Phi) is 5.37. The van der Waals surface area contributed by atoms with Crippen molar-refractivity contribution in [2.24, 2.45) is 14.1 Å². The molecule has 0 unspecified atom stereocenters. The van der Waals surface area contributed by atoms with Crippen molar-refractivity contribution in [3.05, 3.63) is 61.8 Å². The minimum Gasteiger partial charge on any atom is -0.363 e. The van der Waals surface area contributed by atoms with E-state index in [-0.39, 0.29) is 16.9 Å². The van der Waals surface area contributed by atoms with Gasteiger partial charge in [-0.1, -0.05) is 19.4 Å². The third-order valence-corrected chi connectivity index (χ3v) is 4.00. The second-order valence-electron chi connectivity index (χ2n) is 5.69. The predicted molar refractivity (Wildman–Crippen MR) is 89.3 cm³/mol. The maximum Gasteiger partial charge on any atom is 0.332 e. The van der Waals surface area contributed by atoms with E-state index in [9.17, 15) is 23.6 Å². The third-order valence-electron chi connectivity index (χ3n) is 4.00. The van der Waals surface area contributed by atoms with Gasteiger partial charge in [0.2, 0.25) is 0 Å². The van der Waals surface area contributed by atoms with Gasteiger partial charge in [-0.2, -0.15) is 5.26 Å². The Hall–Kier alpha value is -2.95. The first-order chi connectivity index (χ1) is 11.8. The topological polar surface area (TPSA) is 79.8 Å². The van der Waals surface area contributed by atoms with Gasteiger partial charge in [0.15, 0.2) is 5.56 Å². The average Bonchev–Trinajstić information content (AvgIpc) is 2.57. The molecule has 2 aromatic rings. The van der Waals surface area contributed by atoms with Gasteiger partial charge in [-0.3, -0.25) is 13.9 Å². The van der Waals surface area contributed by atoms with E-state index in [1.54, 1.807) is 6.07 Å². The zero-order valence-corrected chi connectivity index (χ0v) is 14.1. The number of aromatic nitrogens is 2. The summed E-state index contributed by atoms with van der Waals surface area (Å²) in [6, 6.07) is 4.37. The lowest BCUT2D eigenvalue weighted by Crippen LogP contribution is -2.40. The van der Waals surface area contributed by atoms with Crippen LogP contribution in [0.2, 0.25) is 0 Å². The summed E-state index contributed by atoms with van der Waals surface area (Å²) in [7, 11) is 2.69. The van der Waals surface area contributed by atoms with Gasteiger partial charge in [0, 0.05) is 25.7 Å². The number of nitrogens with one attached hydrogen (secondary N) is 1. The van der Waals surface area contributed by atoms with Crippen LogP contribution in [-0.4, -0.2) is 9.13 Å². The Morgan fingerprint density at radius 3 is 2.48 bits per heavy atom. The van der Waals surface area contributed by atoms with Crippen LogP contribution in [0.1, 0.15) is 36.9 Å². The Bertz CT molecular complexity index is 957. The largest absolute Gasteiger partial charge is 0.363 e. The van der Waals surface area contributed by atoms with Crippen LogP contribution in [0.5, 0.6) is 0 Å². The Labute approximate surface area is 142 Å². The monoisotopic (exact) mass is 348 g/mol. The van der Waals surface area contributed by atoms with Crippen molar-refractivity contribution >= 4 is 5.82 Å². The van der Waals surface area contributed by atoms with Crippen LogP contribution < -0.4 is 16.6 Å². The smallest absolute Gasteiger partial charge is 0.332 e. The fourth-order valence-corrected chi connectivity index (χ4v) is 2.66. The van der Waals surface area contributed by atoms with E-state index in [0.717, 1.165) is 21.3 Å². The molecule has 0 bridgehead atoms. The van der Waals surface area contributed by atoms with Crippen molar-refractivity contribution in [1.29, 1.82) is 5.26 Å². The van der Waals surface area contributed by atoms with Gasteiger partial charge in [0.1, 0.15) is 23.5 Å². The second kappa shape index (κ2) is 7.30. The van der Waals surface area contributed by atoms with Gasteiger partial charge in [-0.05, 0) is 12.5 Å². The van der Waals surface area contributed by atoms with Crippen molar-refractivity contribution in [2.75, 3.05) is 5.32 Å². The Balaban J connectivity index is 2.60. The van der Waals surface area contributed by atoms with Gasteiger partial charge in [0.25, 0.3) is 5.56 Å². The number of halogens is 2. The molecule has 2 rings (SSSR count). The lowest BCUT2D eigenvalue weighted by Gasteiger charge is -2.23. The minimum atomic E-state index is -0.738. The molecule has 8 heteroatoms. The highest BCUT2D eigenvalue weighted by molar-refractivity contribution is 5.52. The van der Waals surface area contributed by atoms with Crippen molar-refractivity contribution in [3.8, 4) is 6.07 Å². The SMILES string of the molecule is CCC[C@@H](Nc1c(C#N)c(=O)n(C)c(=O)n1C)c1ccc(F)cc1F. The molecule has 1 heterocycles. The molecule has 0 spiro atoms. The number of anilines is 1. The zero-order valence-electron chi connectivity index (χ0n) is 14.1. The number of nitrogens with zero attached hydrogens (tertiary/aromatic N) is 3. The van der Waals surface area contributed by atoms with Crippen LogP contribution in [-0.2, 0) is 14.1 Å². The van der Waals surface area contributed by atoms with Crippen LogP contribution in [0.15, 0.2) is 27.8 Å². The molecule has 0 amide bonds. The molecule has 0 radical (unpaired) electrons. The molecule has 1 aromatic carbocycles. The molecule has 0 aliphatic heterocycles. The Morgan fingerprint density at radius 2 is 1.92 bits per heavy atom. The van der Waals surface area contributed by atoms with Crippen LogP contribution in [0.25, 0.3) is 0 Å². The number of benzene rings is 1. The predicted octanol–water partition coefficient (Wildman–Crippen LogP) is 2.19. The Morgan fingerprint density at radius 1 is 1.24 bits per heavy atom. The fourth-order valence-electron chi connectivity index (χ4n) is 2.66. The maximum atomic E-state index is 14.2. The molecular formula is C17H18F2N4O2. The number of nitriles is 1. The molecule has 25 heavy (non-hydrogen) atoms. The van der Waals surface area contributed by atoms with E-state index >= 15 is 0 Å². The molecular weight excluding hydrogens is 330 g/mol. The summed E-state index contributed by atoms with van der Waals surface area (Å²) in [5, 5.41) is 12.2. The summed E-state index contributed by atoms with van der Waals surface area (Å²) < 4.78 is 29.3. The molecule has 0 saturated heterocycles. The summed E-state index contributed by atoms with van der Waals surface area (Å²) >= 11 is 0. The molecule has 0 saturated carbocycles. The quantitative estimate of drug-likeness (QED) is 0.898. The average molecular weight is 348 g/mol. The van der Waals surface area contributed by atoms with E-state index in [1.165, 1.54) is 20.2 Å². The molecule has 0 aliphatic carbocycles. The molecule has 1 N–H and O–H groups in total. The molecule has 132 valence electrons. The van der Waals surface area contributed by atoms with Crippen molar-refractivity contribution in [3.63, 3.8) is 0 Å². The first-order valence-electron chi connectivity index (χ1n) is 7.73. The summed E-state index contributed by atoms with van der Waals surface area (Å²) in [5.74, 6) is -1.42. The maximum absolute atomic E-state index is 14.2. The van der Waals surface area contributed by atoms with E-state index in [4.69, 9.17) is 0 Å². The first kappa shape index (κ1) is 18.4. The molecule has 0 fully saturated rings. The van der Waals surface area contributed by atoms with Gasteiger partial charge < -0.3 is 5.32 Å². The second-order valence-corrected chi connectivity index (χ2v) is 5.69. The fraction of sp³-hybridized carbons (Fsp3) is 0.353. The number of hydrogen-bond acceptors (Lipinski definition) is 4.